The van der Waals surface area contributed by atoms with Gasteiger partial charge < -0.3 is 19.8 Å². The number of nitrogens with one attached hydrogen (secondary N) is 2. The van der Waals surface area contributed by atoms with Crippen LogP contribution in [0.4, 0.5) is 0 Å². The monoisotopic (exact) mass is 431 g/mol. The summed E-state index contributed by atoms with van der Waals surface area (Å²) in [6.45, 7) is 3.86. The van der Waals surface area contributed by atoms with E-state index in [-0.39, 0.29) is 18.9 Å². The molecule has 0 bridgehead atoms. The molecule has 0 aliphatic carbocycles. The van der Waals surface area contributed by atoms with Gasteiger partial charge in [0.15, 0.2) is 0 Å². The maximum Gasteiger partial charge on any atom is 0.336 e. The van der Waals surface area contributed by atoms with Gasteiger partial charge in [-0.15, -0.1) is 0 Å². The lowest BCUT2D eigenvalue weighted by Gasteiger charge is -2.30. The van der Waals surface area contributed by atoms with Crippen molar-refractivity contribution in [1.82, 2.24) is 10.6 Å². The van der Waals surface area contributed by atoms with Gasteiger partial charge in [0.25, 0.3) is 0 Å². The molecule has 32 heavy (non-hydrogen) atoms. The molecule has 2 heterocycles. The molecule has 1 amide bonds. The number of hydrogen-bond acceptors (Lipinski definition) is 6. The Labute approximate surface area is 187 Å². The van der Waals surface area contributed by atoms with Crippen molar-refractivity contribution in [2.24, 2.45) is 0 Å². The second-order valence-electron chi connectivity index (χ2n) is 7.26. The summed E-state index contributed by atoms with van der Waals surface area (Å²) in [5, 5.41) is 14.7. The Morgan fingerprint density at radius 1 is 1.19 bits per heavy atom. The lowest BCUT2D eigenvalue weighted by atomic mass is 9.81. The summed E-state index contributed by atoms with van der Waals surface area (Å²) in [4.78, 5) is 26.0. The molecular weight excluding hydrogens is 406 g/mol. The highest BCUT2D eigenvalue weighted by Crippen LogP contribution is 2.38. The smallest absolute Gasteiger partial charge is 0.336 e. The van der Waals surface area contributed by atoms with Gasteiger partial charge in [-0.1, -0.05) is 42.5 Å². The fraction of sp³-hybridized carbons (Fsp3) is 0.240. The summed E-state index contributed by atoms with van der Waals surface area (Å²) in [6, 6.07) is 13.5. The van der Waals surface area contributed by atoms with Crippen LogP contribution in [-0.4, -0.2) is 25.0 Å². The highest BCUT2D eigenvalue weighted by atomic mass is 16.5. The number of rotatable bonds is 8. The molecule has 2 N–H and O–H groups in total. The second kappa shape index (κ2) is 10.8. The van der Waals surface area contributed by atoms with Crippen molar-refractivity contribution in [3.8, 4) is 6.07 Å². The van der Waals surface area contributed by atoms with Crippen LogP contribution in [-0.2, 0) is 14.3 Å². The first kappa shape index (κ1) is 22.6. The number of amides is 1. The molecular formula is C25H25N3O4. The highest BCUT2D eigenvalue weighted by molar-refractivity contribution is 6.02. The summed E-state index contributed by atoms with van der Waals surface area (Å²) >= 11 is 0. The quantitative estimate of drug-likeness (QED) is 0.487. The minimum Gasteiger partial charge on any atom is -0.472 e. The summed E-state index contributed by atoms with van der Waals surface area (Å²) < 4.78 is 10.5. The number of carbonyl (C=O) groups is 2. The lowest BCUT2D eigenvalue weighted by Crippen LogP contribution is -2.36. The van der Waals surface area contributed by atoms with Gasteiger partial charge in [0.2, 0.25) is 5.91 Å². The fourth-order valence-electron chi connectivity index (χ4n) is 3.61. The predicted octanol–water partition coefficient (Wildman–Crippen LogP) is 3.80. The zero-order chi connectivity index (χ0) is 22.9. The number of hydrogen-bond donors (Lipinski definition) is 2. The maximum atomic E-state index is 13.2. The average Bonchev–Trinajstić information content (AvgIpc) is 3.31. The largest absolute Gasteiger partial charge is 0.472 e. The fourth-order valence-corrected chi connectivity index (χ4v) is 3.61. The van der Waals surface area contributed by atoms with E-state index in [0.717, 1.165) is 5.56 Å². The first-order valence-corrected chi connectivity index (χ1v) is 10.3. The van der Waals surface area contributed by atoms with E-state index < -0.39 is 11.9 Å². The van der Waals surface area contributed by atoms with E-state index in [2.05, 4.69) is 10.6 Å². The first-order chi connectivity index (χ1) is 15.5. The molecule has 0 spiro atoms. The minimum absolute atomic E-state index is 0.0152. The zero-order valence-corrected chi connectivity index (χ0v) is 18.1. The molecule has 2 aromatic rings. The van der Waals surface area contributed by atoms with Gasteiger partial charge in [-0.25, -0.2) is 4.79 Å². The predicted molar refractivity (Wildman–Crippen MR) is 120 cm³/mol. The third-order valence-corrected chi connectivity index (χ3v) is 5.04. The van der Waals surface area contributed by atoms with Gasteiger partial charge in [-0.2, -0.15) is 5.26 Å². The van der Waals surface area contributed by atoms with E-state index in [4.69, 9.17) is 14.4 Å². The Morgan fingerprint density at radius 2 is 1.94 bits per heavy atom. The molecule has 1 atom stereocenters. The summed E-state index contributed by atoms with van der Waals surface area (Å²) in [6.07, 6.45) is 6.90. The molecule has 0 saturated heterocycles. The summed E-state index contributed by atoms with van der Waals surface area (Å²) in [5.74, 6) is -1.52. The number of allylic oxidation sites excluding steroid dienone is 2. The molecule has 1 aromatic heterocycles. The Balaban J connectivity index is 1.82. The molecule has 0 fully saturated rings. The molecule has 1 aromatic carbocycles. The van der Waals surface area contributed by atoms with Crippen LogP contribution in [0.5, 0.6) is 0 Å². The molecule has 1 unspecified atom stereocenters. The van der Waals surface area contributed by atoms with Gasteiger partial charge in [0, 0.05) is 29.1 Å². The van der Waals surface area contributed by atoms with Crippen LogP contribution in [0.15, 0.2) is 82.0 Å². The van der Waals surface area contributed by atoms with E-state index >= 15 is 0 Å². The third-order valence-electron chi connectivity index (χ3n) is 5.04. The van der Waals surface area contributed by atoms with Crippen molar-refractivity contribution in [1.29, 1.82) is 5.26 Å². The van der Waals surface area contributed by atoms with Gasteiger partial charge in [-0.3, -0.25) is 4.79 Å². The van der Waals surface area contributed by atoms with Crippen molar-refractivity contribution in [3.05, 3.63) is 88.7 Å². The number of dihydropyridines is 1. The van der Waals surface area contributed by atoms with Crippen LogP contribution in [0.2, 0.25) is 0 Å². The molecule has 1 aliphatic rings. The molecule has 164 valence electrons. The van der Waals surface area contributed by atoms with Crippen LogP contribution in [0.1, 0.15) is 37.3 Å². The van der Waals surface area contributed by atoms with E-state index in [0.29, 0.717) is 34.6 Å². The zero-order valence-electron chi connectivity index (χ0n) is 18.1. The molecule has 1 aliphatic heterocycles. The van der Waals surface area contributed by atoms with Crippen molar-refractivity contribution in [3.63, 3.8) is 0 Å². The summed E-state index contributed by atoms with van der Waals surface area (Å²) in [7, 11) is 0. The van der Waals surface area contributed by atoms with E-state index in [9.17, 15) is 9.59 Å². The van der Waals surface area contributed by atoms with Crippen molar-refractivity contribution >= 4 is 18.0 Å². The topological polar surface area (TPSA) is 104 Å². The van der Waals surface area contributed by atoms with Crippen molar-refractivity contribution in [2.45, 2.75) is 26.2 Å². The van der Waals surface area contributed by atoms with E-state index in [1.807, 2.05) is 48.6 Å². The lowest BCUT2D eigenvalue weighted by molar-refractivity contribution is -0.139. The van der Waals surface area contributed by atoms with Crippen LogP contribution in [0, 0.1) is 11.3 Å². The summed E-state index contributed by atoms with van der Waals surface area (Å²) in [5.41, 5.74) is 3.68. The first-order valence-electron chi connectivity index (χ1n) is 10.3. The minimum atomic E-state index is -0.650. The van der Waals surface area contributed by atoms with Gasteiger partial charge in [0.05, 0.1) is 36.5 Å². The number of nitriles is 1. The number of furan rings is 1. The number of nitrogens with zero attached hydrogens (tertiary/aromatic N) is 1. The normalized spacial score (nSPS) is 16.0. The molecule has 3 rings (SSSR count). The highest BCUT2D eigenvalue weighted by Gasteiger charge is 2.37. The molecule has 7 nitrogen and oxygen atoms in total. The Bertz CT molecular complexity index is 1090. The van der Waals surface area contributed by atoms with Crippen LogP contribution in [0.25, 0.3) is 6.08 Å². The molecule has 7 heteroatoms. The van der Waals surface area contributed by atoms with E-state index in [1.165, 1.54) is 12.5 Å². The second-order valence-corrected chi connectivity index (χ2v) is 7.26. The van der Waals surface area contributed by atoms with Crippen molar-refractivity contribution < 1.29 is 18.7 Å². The number of esters is 1. The van der Waals surface area contributed by atoms with Crippen LogP contribution in [0.3, 0.4) is 0 Å². The van der Waals surface area contributed by atoms with Crippen LogP contribution < -0.4 is 10.6 Å². The van der Waals surface area contributed by atoms with E-state index in [1.54, 1.807) is 19.9 Å². The standard InChI is InChI=1S/C25H25N3O4/c1-17-21(24(29)27-13-6-10-19-8-4-3-5-9-19)23(20-11-15-31-16-20)22(18(2)28-17)25(30)32-14-7-12-26/h3-6,8-11,15-16,23,28H,7,13-14H2,1-2H3,(H,27,29)/b10-6+. The van der Waals surface area contributed by atoms with Gasteiger partial charge >= 0.3 is 5.97 Å². The Kier molecular flexibility index (Phi) is 7.65. The van der Waals surface area contributed by atoms with Crippen LogP contribution >= 0.6 is 0 Å². The average molecular weight is 431 g/mol. The SMILES string of the molecule is CC1=C(C(=O)NC/C=C/c2ccccc2)C(c2ccoc2)C(C(=O)OCCC#N)=C(C)N1. The third kappa shape index (κ3) is 5.35. The van der Waals surface area contributed by atoms with Crippen molar-refractivity contribution in [2.75, 3.05) is 13.2 Å². The molecule has 0 radical (unpaired) electrons. The Hall–Kier alpha value is -4.05. The number of benzene rings is 1. The Morgan fingerprint density at radius 3 is 2.62 bits per heavy atom. The number of ether oxygens (including phenoxy) is 1. The van der Waals surface area contributed by atoms with Gasteiger partial charge in [0.1, 0.15) is 6.61 Å². The number of carbonyl (C=O) groups excluding carboxylic acids is 2. The van der Waals surface area contributed by atoms with Gasteiger partial charge in [-0.05, 0) is 25.5 Å². The maximum absolute atomic E-state index is 13.2. The molecule has 0 saturated carbocycles.